The Morgan fingerprint density at radius 1 is 0.920 bits per heavy atom. The minimum absolute atomic E-state index is 0.205. The van der Waals surface area contributed by atoms with Crippen LogP contribution in [-0.4, -0.2) is 24.5 Å². The summed E-state index contributed by atoms with van der Waals surface area (Å²) in [5.41, 5.74) is 4.86. The monoisotopic (exact) mass is 339 g/mol. The maximum Gasteiger partial charge on any atom is 0.173 e. The molecule has 1 N–H and O–H groups in total. The molecule has 25 heavy (non-hydrogen) atoms. The predicted molar refractivity (Wildman–Crippen MR) is 95.9 cm³/mol. The summed E-state index contributed by atoms with van der Waals surface area (Å²) in [6.07, 6.45) is 0. The lowest BCUT2D eigenvalue weighted by molar-refractivity contribution is 0.281. The molecule has 0 bridgehead atoms. The van der Waals surface area contributed by atoms with E-state index in [9.17, 15) is 5.11 Å². The number of aliphatic hydroxyl groups is 1. The first-order valence-corrected chi connectivity index (χ1v) is 7.99. The van der Waals surface area contributed by atoms with E-state index in [1.54, 1.807) is 14.2 Å². The second-order valence-corrected chi connectivity index (χ2v) is 5.80. The Kier molecular flexibility index (Phi) is 4.76. The van der Waals surface area contributed by atoms with Crippen molar-refractivity contribution in [3.05, 3.63) is 53.1 Å². The van der Waals surface area contributed by atoms with Gasteiger partial charge in [-0.1, -0.05) is 29.4 Å². The summed E-state index contributed by atoms with van der Waals surface area (Å²) in [5, 5.41) is 14.3. The van der Waals surface area contributed by atoms with E-state index in [4.69, 9.17) is 14.0 Å². The molecule has 3 aromatic rings. The van der Waals surface area contributed by atoms with E-state index in [1.165, 1.54) is 0 Å². The number of ether oxygens (including phenoxy) is 2. The second kappa shape index (κ2) is 6.99. The van der Waals surface area contributed by atoms with Gasteiger partial charge < -0.3 is 19.1 Å². The summed E-state index contributed by atoms with van der Waals surface area (Å²) in [5.74, 6) is 1.78. The van der Waals surface area contributed by atoms with Crippen LogP contribution in [0.15, 0.2) is 40.9 Å². The fourth-order valence-electron chi connectivity index (χ4n) is 3.11. The molecular formula is C20H21NO4. The van der Waals surface area contributed by atoms with Gasteiger partial charge in [0.15, 0.2) is 5.76 Å². The maximum absolute atomic E-state index is 10.0. The maximum atomic E-state index is 10.0. The Morgan fingerprint density at radius 2 is 1.48 bits per heavy atom. The number of hydrogen-bond acceptors (Lipinski definition) is 5. The van der Waals surface area contributed by atoms with Crippen LogP contribution in [0.1, 0.15) is 16.7 Å². The van der Waals surface area contributed by atoms with Gasteiger partial charge >= 0.3 is 0 Å². The molecule has 1 heterocycles. The standard InChI is InChI=1S/C20H21NO4/c1-12-7-5-8-13(2)17(12)20-14(11-22)19(21-25-20)18-15(23-3)9-6-10-16(18)24-4/h5-10,22H,11H2,1-4H3. The Labute approximate surface area is 146 Å². The van der Waals surface area contributed by atoms with Crippen molar-refractivity contribution >= 4 is 0 Å². The van der Waals surface area contributed by atoms with Gasteiger partial charge in [0.05, 0.1) is 32.0 Å². The van der Waals surface area contributed by atoms with Crippen LogP contribution in [0.3, 0.4) is 0 Å². The number of aryl methyl sites for hydroxylation is 2. The van der Waals surface area contributed by atoms with Crippen molar-refractivity contribution in [1.82, 2.24) is 5.16 Å². The Bertz CT molecular complexity index is 856. The molecule has 0 spiro atoms. The van der Waals surface area contributed by atoms with Crippen LogP contribution < -0.4 is 9.47 Å². The van der Waals surface area contributed by atoms with Crippen LogP contribution in [0.5, 0.6) is 11.5 Å². The van der Waals surface area contributed by atoms with Crippen LogP contribution in [0.2, 0.25) is 0 Å². The van der Waals surface area contributed by atoms with Gasteiger partial charge in [-0.05, 0) is 37.1 Å². The van der Waals surface area contributed by atoms with Crippen LogP contribution in [0, 0.1) is 13.8 Å². The van der Waals surface area contributed by atoms with Crippen molar-refractivity contribution in [2.24, 2.45) is 0 Å². The van der Waals surface area contributed by atoms with Gasteiger partial charge in [0.2, 0.25) is 0 Å². The highest BCUT2D eigenvalue weighted by atomic mass is 16.5. The van der Waals surface area contributed by atoms with Crippen LogP contribution in [0.25, 0.3) is 22.6 Å². The van der Waals surface area contributed by atoms with E-state index in [0.717, 1.165) is 16.7 Å². The van der Waals surface area contributed by atoms with Crippen molar-refractivity contribution in [3.8, 4) is 34.1 Å². The number of rotatable bonds is 5. The lowest BCUT2D eigenvalue weighted by Crippen LogP contribution is -1.97. The number of nitrogens with zero attached hydrogens (tertiary/aromatic N) is 1. The third-order valence-corrected chi connectivity index (χ3v) is 4.32. The predicted octanol–water partition coefficient (Wildman–Crippen LogP) is 4.13. The van der Waals surface area contributed by atoms with E-state index in [2.05, 4.69) is 5.16 Å². The number of benzene rings is 2. The topological polar surface area (TPSA) is 64.7 Å². The Morgan fingerprint density at radius 3 is 2.00 bits per heavy atom. The highest BCUT2D eigenvalue weighted by Gasteiger charge is 2.25. The van der Waals surface area contributed by atoms with Crippen LogP contribution in [-0.2, 0) is 6.61 Å². The lowest BCUT2D eigenvalue weighted by atomic mass is 9.96. The number of aliphatic hydroxyl groups excluding tert-OH is 1. The molecule has 0 aliphatic carbocycles. The zero-order valence-corrected chi connectivity index (χ0v) is 14.8. The molecule has 2 aromatic carbocycles. The van der Waals surface area contributed by atoms with Crippen molar-refractivity contribution in [2.45, 2.75) is 20.5 Å². The first kappa shape index (κ1) is 17.0. The highest BCUT2D eigenvalue weighted by Crippen LogP contribution is 2.43. The van der Waals surface area contributed by atoms with Gasteiger partial charge in [-0.3, -0.25) is 0 Å². The lowest BCUT2D eigenvalue weighted by Gasteiger charge is -2.12. The van der Waals surface area contributed by atoms with Crippen molar-refractivity contribution in [1.29, 1.82) is 0 Å². The van der Waals surface area contributed by atoms with Gasteiger partial charge in [0.25, 0.3) is 0 Å². The van der Waals surface area contributed by atoms with Crippen molar-refractivity contribution in [2.75, 3.05) is 14.2 Å². The average molecular weight is 339 g/mol. The summed E-state index contributed by atoms with van der Waals surface area (Å²) >= 11 is 0. The first-order chi connectivity index (χ1) is 12.1. The molecule has 3 rings (SSSR count). The quantitative estimate of drug-likeness (QED) is 0.757. The van der Waals surface area contributed by atoms with E-state index in [1.807, 2.05) is 50.2 Å². The largest absolute Gasteiger partial charge is 0.496 e. The zero-order chi connectivity index (χ0) is 18.0. The minimum Gasteiger partial charge on any atom is -0.496 e. The summed E-state index contributed by atoms with van der Waals surface area (Å²) in [4.78, 5) is 0. The average Bonchev–Trinajstić information content (AvgIpc) is 3.03. The van der Waals surface area contributed by atoms with Gasteiger partial charge in [-0.2, -0.15) is 0 Å². The molecule has 1 aromatic heterocycles. The first-order valence-electron chi connectivity index (χ1n) is 7.99. The summed E-state index contributed by atoms with van der Waals surface area (Å²) in [6.45, 7) is 3.81. The summed E-state index contributed by atoms with van der Waals surface area (Å²) in [6, 6.07) is 11.5. The fourth-order valence-corrected chi connectivity index (χ4v) is 3.11. The van der Waals surface area contributed by atoms with Gasteiger partial charge in [-0.15, -0.1) is 0 Å². The summed E-state index contributed by atoms with van der Waals surface area (Å²) < 4.78 is 16.6. The molecule has 5 nitrogen and oxygen atoms in total. The Hall–Kier alpha value is -2.79. The zero-order valence-electron chi connectivity index (χ0n) is 14.8. The molecule has 0 saturated carbocycles. The molecule has 5 heteroatoms. The Balaban J connectivity index is 2.27. The molecule has 0 radical (unpaired) electrons. The fraction of sp³-hybridized carbons (Fsp3) is 0.250. The summed E-state index contributed by atoms with van der Waals surface area (Å²) in [7, 11) is 3.17. The van der Waals surface area contributed by atoms with Crippen molar-refractivity contribution in [3.63, 3.8) is 0 Å². The SMILES string of the molecule is COc1cccc(OC)c1-c1noc(-c2c(C)cccc2C)c1CO. The minimum atomic E-state index is -0.205. The number of methoxy groups -OCH3 is 2. The van der Waals surface area contributed by atoms with Gasteiger partial charge in [-0.25, -0.2) is 0 Å². The molecular weight excluding hydrogens is 318 g/mol. The molecule has 0 unspecified atom stereocenters. The van der Waals surface area contributed by atoms with E-state index >= 15 is 0 Å². The van der Waals surface area contributed by atoms with Crippen molar-refractivity contribution < 1.29 is 19.1 Å². The molecule has 0 aliphatic rings. The molecule has 0 amide bonds. The molecule has 0 saturated heterocycles. The van der Waals surface area contributed by atoms with E-state index < -0.39 is 0 Å². The van der Waals surface area contributed by atoms with E-state index in [0.29, 0.717) is 34.1 Å². The number of aromatic nitrogens is 1. The second-order valence-electron chi connectivity index (χ2n) is 5.80. The molecule has 130 valence electrons. The molecule has 0 atom stereocenters. The molecule has 0 aliphatic heterocycles. The van der Waals surface area contributed by atoms with Crippen LogP contribution >= 0.6 is 0 Å². The smallest absolute Gasteiger partial charge is 0.173 e. The number of hydrogen-bond donors (Lipinski definition) is 1. The third kappa shape index (κ3) is 2.87. The van der Waals surface area contributed by atoms with E-state index in [-0.39, 0.29) is 6.61 Å². The van der Waals surface area contributed by atoms with Gasteiger partial charge in [0, 0.05) is 5.56 Å². The highest BCUT2D eigenvalue weighted by molar-refractivity contribution is 5.81. The molecule has 0 fully saturated rings. The third-order valence-electron chi connectivity index (χ3n) is 4.32. The van der Waals surface area contributed by atoms with Crippen LogP contribution in [0.4, 0.5) is 0 Å². The van der Waals surface area contributed by atoms with Gasteiger partial charge in [0.1, 0.15) is 17.2 Å². The normalized spacial score (nSPS) is 10.8.